The molecule has 0 unspecified atom stereocenters. The van der Waals surface area contributed by atoms with Crippen LogP contribution in [0.5, 0.6) is 0 Å². The highest BCUT2D eigenvalue weighted by atomic mass is 35.5. The van der Waals surface area contributed by atoms with Gasteiger partial charge in [-0.1, -0.05) is 11.6 Å². The summed E-state index contributed by atoms with van der Waals surface area (Å²) in [5.41, 5.74) is 7.85. The summed E-state index contributed by atoms with van der Waals surface area (Å²) >= 11 is 6.01. The third-order valence-electron chi connectivity index (χ3n) is 3.37. The lowest BCUT2D eigenvalue weighted by atomic mass is 10.2. The number of hydrogen-bond donors (Lipinski definition) is 4. The number of hydrogen-bond acceptors (Lipinski definition) is 9. The molecule has 0 radical (unpaired) electrons. The highest BCUT2D eigenvalue weighted by Gasteiger charge is 2.12. The predicted octanol–water partition coefficient (Wildman–Crippen LogP) is 1.23. The molecule has 0 saturated carbocycles. The fourth-order valence-electron chi connectivity index (χ4n) is 2.30. The second-order valence-corrected chi connectivity index (χ2v) is 6.56. The number of nitrogen functional groups attached to an aromatic ring is 1. The second-order valence-electron chi connectivity index (χ2n) is 5.37. The predicted molar refractivity (Wildman–Crippen MR) is 102 cm³/mol. The van der Waals surface area contributed by atoms with Crippen molar-refractivity contribution >= 4 is 39.8 Å². The summed E-state index contributed by atoms with van der Waals surface area (Å²) in [7, 11) is -2.74. The van der Waals surface area contributed by atoms with Crippen LogP contribution in [-0.2, 0) is 17.4 Å². The first-order valence-electron chi connectivity index (χ1n) is 7.64. The Morgan fingerprint density at radius 2 is 1.93 bits per heavy atom. The Morgan fingerprint density at radius 3 is 2.67 bits per heavy atom. The minimum atomic E-state index is -2.74. The molecule has 0 atom stereocenters. The number of halogens is 1. The van der Waals surface area contributed by atoms with Crippen molar-refractivity contribution in [1.82, 2.24) is 29.6 Å². The molecule has 3 rings (SSSR count). The van der Waals surface area contributed by atoms with Gasteiger partial charge in [-0.05, 0) is 13.0 Å². The molecule has 0 bridgehead atoms. The third kappa shape index (κ3) is 4.84. The van der Waals surface area contributed by atoms with Gasteiger partial charge in [0.25, 0.3) is 0 Å². The molecule has 0 aromatic carbocycles. The molecule has 3 aromatic rings. The highest BCUT2D eigenvalue weighted by molar-refractivity contribution is 7.70. The number of pyridine rings is 1. The first-order chi connectivity index (χ1) is 12.9. The number of aryl methyl sites for hydroxylation is 1. The summed E-state index contributed by atoms with van der Waals surface area (Å²) in [5.74, 6) is 1.25. The Hall–Kier alpha value is -2.89. The van der Waals surface area contributed by atoms with E-state index < -0.39 is 10.9 Å². The van der Waals surface area contributed by atoms with Crippen molar-refractivity contribution in [1.29, 1.82) is 0 Å². The molecule has 0 spiro atoms. The number of rotatable bonds is 6. The van der Waals surface area contributed by atoms with Gasteiger partial charge in [-0.15, -0.1) is 0 Å². The first kappa shape index (κ1) is 18.9. The summed E-state index contributed by atoms with van der Waals surface area (Å²) in [6, 6.07) is 3.27. The fraction of sp³-hybridized carbons (Fsp3) is 0.133. The van der Waals surface area contributed by atoms with Crippen molar-refractivity contribution in [3.8, 4) is 11.4 Å². The first-order valence-corrected chi connectivity index (χ1v) is 9.20. The van der Waals surface area contributed by atoms with Gasteiger partial charge in [-0.3, -0.25) is 0 Å². The number of nitrogens with one attached hydrogen (secondary N) is 2. The van der Waals surface area contributed by atoms with E-state index in [1.807, 2.05) is 0 Å². The maximum absolute atomic E-state index is 10.7. The fourth-order valence-corrected chi connectivity index (χ4v) is 2.77. The summed E-state index contributed by atoms with van der Waals surface area (Å²) in [4.78, 5) is 21.0. The van der Waals surface area contributed by atoms with Gasteiger partial charge in [-0.25, -0.2) is 38.1 Å². The van der Waals surface area contributed by atoms with Crippen molar-refractivity contribution in [2.45, 2.75) is 13.5 Å². The van der Waals surface area contributed by atoms with E-state index in [4.69, 9.17) is 17.3 Å². The van der Waals surface area contributed by atoms with Crippen LogP contribution in [0.3, 0.4) is 0 Å². The second kappa shape index (κ2) is 8.20. The molecule has 27 heavy (non-hydrogen) atoms. The van der Waals surface area contributed by atoms with Crippen LogP contribution in [0.1, 0.15) is 11.4 Å². The van der Waals surface area contributed by atoms with Gasteiger partial charge < -0.3 is 11.1 Å². The summed E-state index contributed by atoms with van der Waals surface area (Å²) in [5, 5.41) is 3.29. The lowest BCUT2D eigenvalue weighted by Crippen LogP contribution is -2.11. The average molecular weight is 407 g/mol. The summed E-state index contributed by atoms with van der Waals surface area (Å²) < 4.78 is 23.7. The molecule has 140 valence electrons. The molecular weight excluding hydrogens is 392 g/mol. The molecule has 0 amide bonds. The molecular formula is C15H15ClN8O2S. The molecule has 0 saturated heterocycles. The number of nitrogens with two attached hydrogens (primary N) is 1. The van der Waals surface area contributed by atoms with Gasteiger partial charge in [0.05, 0.1) is 17.6 Å². The number of nitrogens with zero attached hydrogens (tertiary/aromatic N) is 5. The quantitative estimate of drug-likeness (QED) is 0.350. The normalized spacial score (nSPS) is 10.9. The van der Waals surface area contributed by atoms with Crippen LogP contribution in [0.15, 0.2) is 30.7 Å². The lowest BCUT2D eigenvalue weighted by molar-refractivity contribution is 0.601. The van der Waals surface area contributed by atoms with Crippen molar-refractivity contribution in [2.75, 3.05) is 11.1 Å². The Morgan fingerprint density at radius 1 is 1.15 bits per heavy atom. The van der Waals surface area contributed by atoms with Crippen LogP contribution in [0.2, 0.25) is 5.15 Å². The number of aromatic nitrogens is 5. The van der Waals surface area contributed by atoms with E-state index in [-0.39, 0.29) is 11.7 Å². The van der Waals surface area contributed by atoms with E-state index >= 15 is 0 Å². The zero-order valence-electron chi connectivity index (χ0n) is 14.0. The molecule has 0 fully saturated rings. The third-order valence-corrected chi connectivity index (χ3v) is 4.13. The zero-order valence-corrected chi connectivity index (χ0v) is 15.7. The smallest absolute Gasteiger partial charge is 0.201 e. The van der Waals surface area contributed by atoms with Crippen LogP contribution in [0, 0.1) is 6.92 Å². The molecule has 0 aliphatic heterocycles. The number of thiol groups is 1. The molecule has 4 N–H and O–H groups in total. The van der Waals surface area contributed by atoms with E-state index in [2.05, 4.69) is 35.0 Å². The highest BCUT2D eigenvalue weighted by Crippen LogP contribution is 2.27. The van der Waals surface area contributed by atoms with E-state index in [1.165, 1.54) is 18.6 Å². The van der Waals surface area contributed by atoms with Crippen LogP contribution in [0.4, 0.5) is 17.3 Å². The van der Waals surface area contributed by atoms with Gasteiger partial charge in [0.1, 0.15) is 22.5 Å². The molecule has 3 aromatic heterocycles. The monoisotopic (exact) mass is 406 g/mol. The van der Waals surface area contributed by atoms with Crippen LogP contribution in [0.25, 0.3) is 11.4 Å². The Balaban J connectivity index is 1.94. The van der Waals surface area contributed by atoms with E-state index in [9.17, 15) is 8.42 Å². The molecule has 12 heteroatoms. The Kier molecular flexibility index (Phi) is 5.74. The Bertz CT molecular complexity index is 1030. The largest absolute Gasteiger partial charge is 0.384 e. The van der Waals surface area contributed by atoms with E-state index in [1.54, 1.807) is 19.1 Å². The van der Waals surface area contributed by atoms with Crippen LogP contribution >= 0.6 is 11.6 Å². The maximum atomic E-state index is 10.7. The summed E-state index contributed by atoms with van der Waals surface area (Å²) in [6.07, 6.45) is 4.56. The van der Waals surface area contributed by atoms with Gasteiger partial charge in [0, 0.05) is 30.6 Å². The number of anilines is 3. The van der Waals surface area contributed by atoms with Crippen LogP contribution in [-0.4, -0.2) is 33.3 Å². The minimum Gasteiger partial charge on any atom is -0.384 e. The van der Waals surface area contributed by atoms with Crippen LogP contribution < -0.4 is 15.8 Å². The molecule has 10 nitrogen and oxygen atoms in total. The average Bonchev–Trinajstić information content (AvgIpc) is 2.61. The molecule has 3 heterocycles. The van der Waals surface area contributed by atoms with Crippen molar-refractivity contribution < 1.29 is 8.42 Å². The van der Waals surface area contributed by atoms with Gasteiger partial charge in [-0.2, -0.15) is 0 Å². The maximum Gasteiger partial charge on any atom is 0.201 e. The Labute approximate surface area is 161 Å². The summed E-state index contributed by atoms with van der Waals surface area (Å²) in [6.45, 7) is 1.75. The molecule has 0 aliphatic carbocycles. The van der Waals surface area contributed by atoms with E-state index in [0.717, 1.165) is 0 Å². The van der Waals surface area contributed by atoms with Gasteiger partial charge in [0.2, 0.25) is 10.9 Å². The standard InChI is InChI=1S/C15H15ClN8O2S/c1-8-22-11(5-12(17)23-8)13-15(19-3-2-18-13)24-10-4-9(6-21-27(25)26)14(16)20-7-10/h2-5,7,27H,6H2,1H3,(H,19,24)(H2,17,22,23)(H,21,25,26). The van der Waals surface area contributed by atoms with Crippen molar-refractivity contribution in [3.63, 3.8) is 0 Å². The van der Waals surface area contributed by atoms with Gasteiger partial charge in [0.15, 0.2) is 5.82 Å². The lowest BCUT2D eigenvalue weighted by Gasteiger charge is -2.11. The topological polar surface area (TPSA) is 149 Å². The minimum absolute atomic E-state index is 0.0228. The van der Waals surface area contributed by atoms with Crippen molar-refractivity contribution in [2.24, 2.45) is 0 Å². The van der Waals surface area contributed by atoms with Gasteiger partial charge >= 0.3 is 0 Å². The SMILES string of the molecule is Cc1nc(N)cc(-c2nccnc2Nc2cnc(Cl)c(CN[SH](=O)=O)c2)n1. The van der Waals surface area contributed by atoms with E-state index in [0.29, 0.717) is 40.1 Å². The molecule has 0 aliphatic rings. The zero-order chi connectivity index (χ0) is 19.4. The van der Waals surface area contributed by atoms with Crippen molar-refractivity contribution in [3.05, 3.63) is 47.3 Å².